The van der Waals surface area contributed by atoms with Gasteiger partial charge < -0.3 is 4.55 Å². The number of nitrogens with zero attached hydrogens (tertiary/aromatic N) is 2. The van der Waals surface area contributed by atoms with E-state index in [9.17, 15) is 52.5 Å². The summed E-state index contributed by atoms with van der Waals surface area (Å²) in [6.07, 6.45) is 2.31. The second-order valence-electron chi connectivity index (χ2n) is 4.65. The highest BCUT2D eigenvalue weighted by Crippen LogP contribution is 2.54. The van der Waals surface area contributed by atoms with Crippen LogP contribution in [-0.4, -0.2) is 40.8 Å². The Labute approximate surface area is 146 Å². The van der Waals surface area contributed by atoms with Crippen LogP contribution < -0.4 is 4.57 Å². The van der Waals surface area contributed by atoms with Crippen molar-refractivity contribution in [3.05, 3.63) is 38.0 Å². The molecular weight excluding hydrogens is 423 g/mol. The highest BCUT2D eigenvalue weighted by atomic mass is 32.2. The minimum atomic E-state index is -7.43. The van der Waals surface area contributed by atoms with Crippen molar-refractivity contribution in [2.45, 2.75) is 29.8 Å². The number of imidazole rings is 1. The smallest absolute Gasteiger partial charge is 0.460 e. The Hall–Kier alpha value is -2.03. The van der Waals surface area contributed by atoms with E-state index in [0.29, 0.717) is 0 Å². The first-order chi connectivity index (χ1) is 11.9. The van der Waals surface area contributed by atoms with Gasteiger partial charge in [-0.2, -0.15) is 39.5 Å². The van der Waals surface area contributed by atoms with E-state index in [2.05, 4.69) is 13.2 Å². The molecule has 0 aromatic carbocycles. The maximum atomic E-state index is 12.2. The molecule has 0 fully saturated rings. The van der Waals surface area contributed by atoms with Crippen molar-refractivity contribution in [2.75, 3.05) is 0 Å². The van der Waals surface area contributed by atoms with Gasteiger partial charge in [-0.3, -0.25) is 0 Å². The number of aromatic nitrogens is 2. The lowest BCUT2D eigenvalue weighted by molar-refractivity contribution is -0.567. The van der Waals surface area contributed by atoms with Gasteiger partial charge in [-0.1, -0.05) is 19.2 Å². The monoisotopic (exact) mass is 434 g/mol. The first-order valence-electron chi connectivity index (χ1n) is 6.32. The molecule has 15 heteroatoms. The average molecular weight is 434 g/mol. The van der Waals surface area contributed by atoms with E-state index in [1.165, 1.54) is 0 Å². The molecule has 1 rings (SSSR count). The summed E-state index contributed by atoms with van der Waals surface area (Å²) in [5, 5.41) is -7.11. The maximum absolute atomic E-state index is 12.2. The topological polar surface area (TPSA) is 66.0 Å². The second kappa shape index (κ2) is 7.92. The molecule has 0 aliphatic heterocycles. The largest absolute Gasteiger partial charge is 0.743 e. The Bertz CT molecular complexity index is 769. The summed E-state index contributed by atoms with van der Waals surface area (Å²) in [6, 6.07) is 0. The fraction of sp³-hybridized carbons (Fsp3) is 0.417. The van der Waals surface area contributed by atoms with Gasteiger partial charge in [0.05, 0.1) is 6.20 Å². The van der Waals surface area contributed by atoms with Gasteiger partial charge in [0, 0.05) is 0 Å². The SMILES string of the molecule is C=CCn1cc[n+](C=C)c1.O=S(=O)([O-])C(F)(F)C(F)(F)C(F)(F)C(F)(F)F. The molecule has 0 bridgehead atoms. The van der Waals surface area contributed by atoms with Crippen molar-refractivity contribution in [1.82, 2.24) is 4.57 Å². The molecule has 0 unspecified atom stereocenters. The minimum Gasteiger partial charge on any atom is -0.743 e. The van der Waals surface area contributed by atoms with Crippen LogP contribution in [0.1, 0.15) is 0 Å². The predicted octanol–water partition coefficient (Wildman–Crippen LogP) is 3.02. The van der Waals surface area contributed by atoms with Crippen molar-refractivity contribution in [3.8, 4) is 0 Å². The van der Waals surface area contributed by atoms with Crippen molar-refractivity contribution in [1.29, 1.82) is 0 Å². The van der Waals surface area contributed by atoms with E-state index in [-0.39, 0.29) is 0 Å². The number of alkyl halides is 9. The molecule has 0 radical (unpaired) electrons. The van der Waals surface area contributed by atoms with Gasteiger partial charge in [-0.05, 0) is 0 Å². The molecule has 0 amide bonds. The summed E-state index contributed by atoms with van der Waals surface area (Å²) in [6.45, 7) is 8.11. The number of allylic oxidation sites excluding steroid dienone is 1. The summed E-state index contributed by atoms with van der Waals surface area (Å²) >= 11 is 0. The summed E-state index contributed by atoms with van der Waals surface area (Å²) in [4.78, 5) is 0. The third kappa shape index (κ3) is 5.03. The second-order valence-corrected chi connectivity index (χ2v) is 6.07. The highest BCUT2D eigenvalue weighted by molar-refractivity contribution is 7.86. The van der Waals surface area contributed by atoms with Crippen LogP contribution in [0.2, 0.25) is 0 Å². The standard InChI is InChI=1S/C8H11N2.C4HF9O3S/c1-3-5-10-7-6-9(4-2)8-10;5-1(6,3(9,10)11)2(7,8)4(12,13)17(14,15)16/h3-4,6-8H,1-2,5H2;(H,14,15,16)/q+1;/p-1. The van der Waals surface area contributed by atoms with Gasteiger partial charge in [-0.25, -0.2) is 17.6 Å². The van der Waals surface area contributed by atoms with Gasteiger partial charge in [0.15, 0.2) is 10.1 Å². The van der Waals surface area contributed by atoms with E-state index in [4.69, 9.17) is 0 Å². The summed E-state index contributed by atoms with van der Waals surface area (Å²) in [7, 11) is -7.42. The molecular formula is C12H11F9N2O3S. The Morgan fingerprint density at radius 1 is 1.00 bits per heavy atom. The van der Waals surface area contributed by atoms with Gasteiger partial charge >= 0.3 is 23.3 Å². The van der Waals surface area contributed by atoms with E-state index in [0.717, 1.165) is 6.54 Å². The lowest BCUT2D eigenvalue weighted by Crippen LogP contribution is -2.63. The average Bonchev–Trinajstić information content (AvgIpc) is 2.93. The number of halogens is 9. The van der Waals surface area contributed by atoms with Gasteiger partial charge in [0.1, 0.15) is 18.9 Å². The third-order valence-electron chi connectivity index (χ3n) is 2.69. The van der Waals surface area contributed by atoms with Crippen LogP contribution in [0, 0.1) is 0 Å². The Balaban J connectivity index is 0.000000569. The zero-order valence-electron chi connectivity index (χ0n) is 12.9. The molecule has 156 valence electrons. The molecule has 27 heavy (non-hydrogen) atoms. The van der Waals surface area contributed by atoms with E-state index in [1.54, 1.807) is 6.20 Å². The van der Waals surface area contributed by atoms with E-state index >= 15 is 0 Å². The molecule has 5 nitrogen and oxygen atoms in total. The lowest BCUT2D eigenvalue weighted by Gasteiger charge is -2.34. The molecule has 0 aliphatic carbocycles. The zero-order chi connectivity index (χ0) is 21.9. The van der Waals surface area contributed by atoms with Gasteiger partial charge in [0.2, 0.25) is 6.33 Å². The van der Waals surface area contributed by atoms with Crippen LogP contribution in [0.4, 0.5) is 39.5 Å². The summed E-state index contributed by atoms with van der Waals surface area (Å²) in [5.74, 6) is -14.8. The van der Waals surface area contributed by atoms with Crippen molar-refractivity contribution >= 4 is 16.3 Å². The predicted molar refractivity (Wildman–Crippen MR) is 71.8 cm³/mol. The van der Waals surface area contributed by atoms with Crippen molar-refractivity contribution in [3.63, 3.8) is 0 Å². The molecule has 0 saturated heterocycles. The first kappa shape index (κ1) is 25.0. The number of hydrogen-bond donors (Lipinski definition) is 0. The normalized spacial score (nSPS) is 13.6. The van der Waals surface area contributed by atoms with Crippen LogP contribution >= 0.6 is 0 Å². The Kier molecular flexibility index (Phi) is 7.32. The molecule has 0 saturated carbocycles. The molecule has 0 aliphatic rings. The highest BCUT2D eigenvalue weighted by Gasteiger charge is 2.83. The number of hydrogen-bond acceptors (Lipinski definition) is 3. The molecule has 1 heterocycles. The summed E-state index contributed by atoms with van der Waals surface area (Å²) in [5.41, 5.74) is 0. The first-order valence-corrected chi connectivity index (χ1v) is 7.73. The Morgan fingerprint density at radius 3 is 1.78 bits per heavy atom. The fourth-order valence-corrected chi connectivity index (χ4v) is 1.74. The number of rotatable bonds is 6. The van der Waals surface area contributed by atoms with Crippen LogP contribution in [0.15, 0.2) is 38.0 Å². The van der Waals surface area contributed by atoms with Gasteiger partial charge in [-0.15, -0.1) is 0 Å². The molecule has 0 N–H and O–H groups in total. The quantitative estimate of drug-likeness (QED) is 0.299. The van der Waals surface area contributed by atoms with E-state index in [1.807, 2.05) is 33.9 Å². The summed E-state index contributed by atoms with van der Waals surface area (Å²) < 4.78 is 139. The van der Waals surface area contributed by atoms with Crippen LogP contribution in [0.5, 0.6) is 0 Å². The molecule has 0 spiro atoms. The lowest BCUT2D eigenvalue weighted by atomic mass is 10.1. The Morgan fingerprint density at radius 2 is 1.48 bits per heavy atom. The zero-order valence-corrected chi connectivity index (χ0v) is 13.8. The van der Waals surface area contributed by atoms with Crippen LogP contribution in [0.3, 0.4) is 0 Å². The molecule has 1 aromatic rings. The van der Waals surface area contributed by atoms with Crippen LogP contribution in [-0.2, 0) is 16.7 Å². The minimum absolute atomic E-state index is 0.848. The van der Waals surface area contributed by atoms with Crippen molar-refractivity contribution in [2.24, 2.45) is 0 Å². The molecule has 1 aromatic heterocycles. The van der Waals surface area contributed by atoms with Crippen molar-refractivity contribution < 1.29 is 57.1 Å². The van der Waals surface area contributed by atoms with E-state index < -0.39 is 33.4 Å². The third-order valence-corrected chi connectivity index (χ3v) is 3.58. The van der Waals surface area contributed by atoms with Crippen LogP contribution in [0.25, 0.3) is 6.20 Å². The maximum Gasteiger partial charge on any atom is 0.460 e. The van der Waals surface area contributed by atoms with Gasteiger partial charge in [0.25, 0.3) is 0 Å². The molecule has 0 atom stereocenters. The fourth-order valence-electron chi connectivity index (χ4n) is 1.29.